The number of Topliss-reactive ketones (excluding diaryl/α,β-unsaturated/α-hetero) is 1. The number of hydrogen-bond acceptors (Lipinski definition) is 4. The van der Waals surface area contributed by atoms with E-state index >= 15 is 0 Å². The van der Waals surface area contributed by atoms with Crippen molar-refractivity contribution in [2.24, 2.45) is 7.05 Å². The van der Waals surface area contributed by atoms with Gasteiger partial charge in [-0.15, -0.1) is 0 Å². The molecule has 7 nitrogen and oxygen atoms in total. The van der Waals surface area contributed by atoms with Crippen LogP contribution in [-0.2, 0) is 20.0 Å². The van der Waals surface area contributed by atoms with E-state index < -0.39 is 0 Å². The smallest absolute Gasteiger partial charge is 0.326 e. The fourth-order valence-corrected chi connectivity index (χ4v) is 3.47. The number of benzene rings is 1. The Morgan fingerprint density at radius 2 is 1.93 bits per heavy atom. The second kappa shape index (κ2) is 8.44. The first-order valence-electron chi connectivity index (χ1n) is 9.76. The van der Waals surface area contributed by atoms with Gasteiger partial charge in [-0.2, -0.15) is 0 Å². The molecule has 30 heavy (non-hydrogen) atoms. The van der Waals surface area contributed by atoms with Crippen molar-refractivity contribution in [1.82, 2.24) is 19.4 Å². The van der Waals surface area contributed by atoms with Gasteiger partial charge in [0.1, 0.15) is 11.6 Å². The summed E-state index contributed by atoms with van der Waals surface area (Å²) in [4.78, 5) is 37.2. The van der Waals surface area contributed by atoms with E-state index in [9.17, 15) is 14.0 Å². The molecule has 1 aliphatic heterocycles. The van der Waals surface area contributed by atoms with E-state index in [1.807, 2.05) is 17.8 Å². The number of nitrogens with zero attached hydrogens (tertiary/aromatic N) is 5. The second-order valence-corrected chi connectivity index (χ2v) is 7.34. The quantitative estimate of drug-likeness (QED) is 0.564. The predicted octanol–water partition coefficient (Wildman–Crippen LogP) is 3.21. The minimum Gasteiger partial charge on any atom is -0.340 e. The van der Waals surface area contributed by atoms with Crippen LogP contribution in [0.1, 0.15) is 28.0 Å². The van der Waals surface area contributed by atoms with E-state index in [4.69, 9.17) is 0 Å². The Hall–Kier alpha value is -3.55. The van der Waals surface area contributed by atoms with Crippen LogP contribution in [0.4, 0.5) is 15.0 Å². The summed E-state index contributed by atoms with van der Waals surface area (Å²) in [6.07, 6.45) is 6.06. The van der Waals surface area contributed by atoms with Gasteiger partial charge in [-0.1, -0.05) is 12.1 Å². The molecule has 0 saturated carbocycles. The summed E-state index contributed by atoms with van der Waals surface area (Å²) < 4.78 is 14.9. The third kappa shape index (κ3) is 4.37. The standard InChI is InChI=1S/C22H22FN5O2/c1-26-14-19(25-15-26)6-7-20(29)17-8-9-24-21(12-17)28-11-10-27(22(28)30)13-16-2-4-18(23)5-3-16/h2-5,8-9,12,14-15H,6-7,10-11,13H2,1H3. The van der Waals surface area contributed by atoms with Crippen molar-refractivity contribution in [2.75, 3.05) is 18.0 Å². The fraction of sp³-hybridized carbons (Fsp3) is 0.273. The zero-order chi connectivity index (χ0) is 21.1. The van der Waals surface area contributed by atoms with Crippen molar-refractivity contribution in [1.29, 1.82) is 0 Å². The summed E-state index contributed by atoms with van der Waals surface area (Å²) in [7, 11) is 1.89. The number of pyridine rings is 1. The Labute approximate surface area is 173 Å². The van der Waals surface area contributed by atoms with Crippen LogP contribution in [0.3, 0.4) is 0 Å². The molecule has 4 rings (SSSR count). The molecule has 0 unspecified atom stereocenters. The van der Waals surface area contributed by atoms with Crippen molar-refractivity contribution in [3.63, 3.8) is 0 Å². The Morgan fingerprint density at radius 3 is 2.67 bits per heavy atom. The molecule has 3 aromatic rings. The lowest BCUT2D eigenvalue weighted by molar-refractivity contribution is 0.0982. The van der Waals surface area contributed by atoms with Crippen molar-refractivity contribution >= 4 is 17.6 Å². The van der Waals surface area contributed by atoms with E-state index in [0.29, 0.717) is 43.9 Å². The topological polar surface area (TPSA) is 71.3 Å². The molecule has 8 heteroatoms. The van der Waals surface area contributed by atoms with Gasteiger partial charge in [-0.25, -0.2) is 19.2 Å². The van der Waals surface area contributed by atoms with Crippen molar-refractivity contribution in [3.8, 4) is 0 Å². The normalized spacial score (nSPS) is 13.9. The molecular formula is C22H22FN5O2. The summed E-state index contributed by atoms with van der Waals surface area (Å²) in [5.41, 5.74) is 2.25. The summed E-state index contributed by atoms with van der Waals surface area (Å²) in [6, 6.07) is 9.27. The number of urea groups is 1. The van der Waals surface area contributed by atoms with Gasteiger partial charge in [0.05, 0.1) is 12.0 Å². The molecule has 3 heterocycles. The lowest BCUT2D eigenvalue weighted by Gasteiger charge is -2.18. The van der Waals surface area contributed by atoms with Gasteiger partial charge >= 0.3 is 6.03 Å². The van der Waals surface area contributed by atoms with Crippen LogP contribution in [0.5, 0.6) is 0 Å². The van der Waals surface area contributed by atoms with Gasteiger partial charge in [0.25, 0.3) is 0 Å². The van der Waals surface area contributed by atoms with Gasteiger partial charge < -0.3 is 9.47 Å². The number of imidazole rings is 1. The number of carbonyl (C=O) groups is 2. The van der Waals surface area contributed by atoms with Crippen LogP contribution in [0.15, 0.2) is 55.1 Å². The SMILES string of the molecule is Cn1cnc(CCC(=O)c2ccnc(N3CCN(Cc4ccc(F)cc4)C3=O)c2)c1. The number of amides is 2. The molecule has 0 spiro atoms. The number of rotatable bonds is 7. The minimum absolute atomic E-state index is 0.0147. The molecule has 2 aromatic heterocycles. The van der Waals surface area contributed by atoms with Crippen molar-refractivity contribution in [2.45, 2.75) is 19.4 Å². The van der Waals surface area contributed by atoms with Gasteiger partial charge in [-0.05, 0) is 36.2 Å². The van der Waals surface area contributed by atoms with Gasteiger partial charge in [-0.3, -0.25) is 9.69 Å². The van der Waals surface area contributed by atoms with Crippen LogP contribution >= 0.6 is 0 Å². The number of anilines is 1. The summed E-state index contributed by atoms with van der Waals surface area (Å²) >= 11 is 0. The van der Waals surface area contributed by atoms with Crippen LogP contribution < -0.4 is 4.90 Å². The highest BCUT2D eigenvalue weighted by Gasteiger charge is 2.30. The molecule has 1 saturated heterocycles. The molecule has 154 valence electrons. The van der Waals surface area contributed by atoms with Gasteiger partial charge in [0, 0.05) is 51.1 Å². The van der Waals surface area contributed by atoms with Crippen molar-refractivity contribution in [3.05, 3.63) is 77.8 Å². The minimum atomic E-state index is -0.304. The van der Waals surface area contributed by atoms with E-state index in [1.54, 1.807) is 46.6 Å². The number of hydrogen-bond donors (Lipinski definition) is 0. The first-order valence-corrected chi connectivity index (χ1v) is 9.76. The molecule has 1 fully saturated rings. The molecule has 0 aliphatic carbocycles. The third-order valence-corrected chi connectivity index (χ3v) is 5.09. The molecule has 0 bridgehead atoms. The van der Waals surface area contributed by atoms with Crippen LogP contribution in [0.2, 0.25) is 0 Å². The molecule has 0 radical (unpaired) electrons. The molecule has 0 atom stereocenters. The molecule has 1 aliphatic rings. The highest BCUT2D eigenvalue weighted by molar-refractivity contribution is 5.98. The average Bonchev–Trinajstić information content (AvgIpc) is 3.33. The van der Waals surface area contributed by atoms with Crippen LogP contribution in [-0.4, -0.2) is 44.3 Å². The van der Waals surface area contributed by atoms with Gasteiger partial charge in [0.15, 0.2) is 5.78 Å². The summed E-state index contributed by atoms with van der Waals surface area (Å²) in [5, 5.41) is 0. The van der Waals surface area contributed by atoms with E-state index in [2.05, 4.69) is 9.97 Å². The lowest BCUT2D eigenvalue weighted by Crippen LogP contribution is -2.32. The number of aryl methyl sites for hydroxylation is 2. The Kier molecular flexibility index (Phi) is 5.56. The van der Waals surface area contributed by atoms with E-state index in [1.165, 1.54) is 12.1 Å². The molecule has 0 N–H and O–H groups in total. The number of aromatic nitrogens is 3. The first kappa shape index (κ1) is 19.8. The highest BCUT2D eigenvalue weighted by Crippen LogP contribution is 2.21. The predicted molar refractivity (Wildman–Crippen MR) is 110 cm³/mol. The van der Waals surface area contributed by atoms with Gasteiger partial charge in [0.2, 0.25) is 0 Å². The third-order valence-electron chi connectivity index (χ3n) is 5.09. The Balaban J connectivity index is 1.41. The lowest BCUT2D eigenvalue weighted by atomic mass is 10.1. The molecular weight excluding hydrogens is 385 g/mol. The maximum atomic E-state index is 13.1. The zero-order valence-electron chi connectivity index (χ0n) is 16.7. The number of carbonyl (C=O) groups excluding carboxylic acids is 2. The summed E-state index contributed by atoms with van der Waals surface area (Å²) in [6.45, 7) is 1.42. The average molecular weight is 407 g/mol. The Bertz CT molecular complexity index is 1060. The monoisotopic (exact) mass is 407 g/mol. The molecule has 2 amide bonds. The fourth-order valence-electron chi connectivity index (χ4n) is 3.47. The number of halogens is 1. The Morgan fingerprint density at radius 1 is 1.13 bits per heavy atom. The van der Waals surface area contributed by atoms with Crippen LogP contribution in [0, 0.1) is 5.82 Å². The van der Waals surface area contributed by atoms with Crippen molar-refractivity contribution < 1.29 is 14.0 Å². The molecule has 1 aromatic carbocycles. The zero-order valence-corrected chi connectivity index (χ0v) is 16.7. The first-order chi connectivity index (χ1) is 14.5. The highest BCUT2D eigenvalue weighted by atomic mass is 19.1. The maximum Gasteiger partial charge on any atom is 0.326 e. The largest absolute Gasteiger partial charge is 0.340 e. The second-order valence-electron chi connectivity index (χ2n) is 7.34. The van der Waals surface area contributed by atoms with Crippen LogP contribution in [0.25, 0.3) is 0 Å². The van der Waals surface area contributed by atoms with E-state index in [0.717, 1.165) is 11.3 Å². The number of ketones is 1. The summed E-state index contributed by atoms with van der Waals surface area (Å²) in [5.74, 6) is 0.145. The maximum absolute atomic E-state index is 13.1. The van der Waals surface area contributed by atoms with E-state index in [-0.39, 0.29) is 17.6 Å².